The van der Waals surface area contributed by atoms with Crippen molar-refractivity contribution >= 4 is 65.6 Å². The van der Waals surface area contributed by atoms with Crippen LogP contribution in [-0.2, 0) is 0 Å². The predicted molar refractivity (Wildman–Crippen MR) is 118 cm³/mol. The van der Waals surface area contributed by atoms with Crippen molar-refractivity contribution in [3.05, 3.63) is 72.7 Å². The van der Waals surface area contributed by atoms with Gasteiger partial charge in [-0.2, -0.15) is 0 Å². The van der Waals surface area contributed by atoms with Crippen LogP contribution < -0.4 is 0 Å². The Hall–Kier alpha value is -1.18. The lowest BCUT2D eigenvalue weighted by molar-refractivity contribution is 0.626. The maximum atomic E-state index is 6.17. The lowest BCUT2D eigenvalue weighted by Crippen LogP contribution is -1.87. The molecule has 0 aliphatic rings. The van der Waals surface area contributed by atoms with E-state index in [0.29, 0.717) is 0 Å². The summed E-state index contributed by atoms with van der Waals surface area (Å²) in [5.74, 6) is 0.867. The quantitative estimate of drug-likeness (QED) is 0.233. The van der Waals surface area contributed by atoms with Crippen LogP contribution in [0.3, 0.4) is 0 Å². The summed E-state index contributed by atoms with van der Waals surface area (Å²) >= 11 is 9.28. The Morgan fingerprint density at radius 3 is 2.04 bits per heavy atom. The number of hydrogen-bond acceptors (Lipinski definition) is 2. The van der Waals surface area contributed by atoms with E-state index >= 15 is 0 Å². The fourth-order valence-electron chi connectivity index (χ4n) is 2.75. The highest BCUT2D eigenvalue weighted by molar-refractivity contribution is 14.1. The van der Waals surface area contributed by atoms with Crippen LogP contribution in [0.5, 0.6) is 0 Å². The number of aryl methyl sites for hydroxylation is 1. The van der Waals surface area contributed by atoms with E-state index in [9.17, 15) is 0 Å². The van der Waals surface area contributed by atoms with Crippen LogP contribution >= 0.6 is 54.5 Å². The highest BCUT2D eigenvalue weighted by Gasteiger charge is 2.18. The molecule has 0 radical (unpaired) electrons. The van der Waals surface area contributed by atoms with Gasteiger partial charge in [-0.25, -0.2) is 4.98 Å². The van der Waals surface area contributed by atoms with Gasteiger partial charge < -0.3 is 4.42 Å². The van der Waals surface area contributed by atoms with Gasteiger partial charge in [-0.05, 0) is 65.4 Å². The van der Waals surface area contributed by atoms with E-state index in [0.717, 1.165) is 51.8 Å². The molecule has 2 nitrogen and oxygen atoms in total. The Bertz CT molecular complexity index is 1070. The molecule has 0 spiro atoms. The van der Waals surface area contributed by atoms with Gasteiger partial charge in [-0.3, -0.25) is 0 Å². The zero-order valence-electron chi connectivity index (χ0n) is 13.2. The molecule has 2 aromatic carbocycles. The van der Waals surface area contributed by atoms with Crippen molar-refractivity contribution in [3.8, 4) is 22.6 Å². The maximum absolute atomic E-state index is 6.17. The van der Waals surface area contributed by atoms with E-state index in [1.165, 1.54) is 0 Å². The Labute approximate surface area is 176 Å². The summed E-state index contributed by atoms with van der Waals surface area (Å²) in [6, 6.07) is 18.4. The molecular formula is C20H12Br2INO. The molecule has 0 saturated carbocycles. The highest BCUT2D eigenvalue weighted by atomic mass is 127. The van der Waals surface area contributed by atoms with E-state index in [1.54, 1.807) is 0 Å². The molecule has 2 heterocycles. The number of benzene rings is 2. The van der Waals surface area contributed by atoms with Crippen molar-refractivity contribution in [1.29, 1.82) is 0 Å². The Morgan fingerprint density at radius 1 is 0.880 bits per heavy atom. The van der Waals surface area contributed by atoms with Crippen LogP contribution in [0.15, 0.2) is 68.0 Å². The molecule has 0 bridgehead atoms. The van der Waals surface area contributed by atoms with Crippen molar-refractivity contribution in [2.45, 2.75) is 6.92 Å². The summed E-state index contributed by atoms with van der Waals surface area (Å²) in [6.45, 7) is 2.07. The van der Waals surface area contributed by atoms with Gasteiger partial charge in [-0.15, -0.1) is 0 Å². The van der Waals surface area contributed by atoms with Crippen molar-refractivity contribution in [3.63, 3.8) is 0 Å². The van der Waals surface area contributed by atoms with Crippen LogP contribution in [0.4, 0.5) is 0 Å². The SMILES string of the molecule is Cc1cc(-c2ccc(Br)cc2)nc2c(I)c(-c3ccc(Br)cc3)oc12. The molecular weight excluding hydrogens is 557 g/mol. The number of nitrogens with zero attached hydrogens (tertiary/aromatic N) is 1. The van der Waals surface area contributed by atoms with Gasteiger partial charge >= 0.3 is 0 Å². The number of rotatable bonds is 2. The zero-order chi connectivity index (χ0) is 17.6. The first-order chi connectivity index (χ1) is 12.0. The second-order valence-corrected chi connectivity index (χ2v) is 8.67. The molecule has 0 saturated heterocycles. The number of hydrogen-bond donors (Lipinski definition) is 0. The van der Waals surface area contributed by atoms with Gasteiger partial charge in [0.25, 0.3) is 0 Å². The standard InChI is InChI=1S/C20H12Br2INO/c1-11-10-16(12-2-6-14(21)7-3-12)24-18-17(23)20(25-19(11)18)13-4-8-15(22)9-5-13/h2-10H,1H3. The van der Waals surface area contributed by atoms with Gasteiger partial charge in [0, 0.05) is 20.1 Å². The molecule has 4 rings (SSSR count). The van der Waals surface area contributed by atoms with E-state index in [-0.39, 0.29) is 0 Å². The van der Waals surface area contributed by atoms with Gasteiger partial charge in [0.05, 0.1) is 9.26 Å². The smallest absolute Gasteiger partial charge is 0.157 e. The number of aromatic nitrogens is 1. The number of fused-ring (bicyclic) bond motifs is 1. The maximum Gasteiger partial charge on any atom is 0.157 e. The second kappa shape index (κ2) is 6.85. The average Bonchev–Trinajstić information content (AvgIpc) is 2.94. The summed E-state index contributed by atoms with van der Waals surface area (Å²) in [5, 5.41) is 0. The molecule has 0 fully saturated rings. The average molecular weight is 569 g/mol. The number of furan rings is 1. The molecule has 124 valence electrons. The molecule has 0 aliphatic carbocycles. The Kier molecular flexibility index (Phi) is 4.73. The minimum absolute atomic E-state index is 0.850. The van der Waals surface area contributed by atoms with E-state index in [1.807, 2.05) is 24.3 Å². The molecule has 4 aromatic rings. The summed E-state index contributed by atoms with van der Waals surface area (Å²) in [4.78, 5) is 4.87. The van der Waals surface area contributed by atoms with Crippen molar-refractivity contribution < 1.29 is 4.42 Å². The summed E-state index contributed by atoms with van der Waals surface area (Å²) in [6.07, 6.45) is 0. The summed E-state index contributed by atoms with van der Waals surface area (Å²) in [5.41, 5.74) is 5.95. The van der Waals surface area contributed by atoms with Gasteiger partial charge in [0.1, 0.15) is 11.3 Å². The fourth-order valence-corrected chi connectivity index (χ4v) is 4.06. The normalized spacial score (nSPS) is 11.2. The largest absolute Gasteiger partial charge is 0.453 e. The molecule has 0 atom stereocenters. The van der Waals surface area contributed by atoms with Crippen LogP contribution in [0, 0.1) is 10.5 Å². The fraction of sp³-hybridized carbons (Fsp3) is 0.0500. The first kappa shape index (κ1) is 17.2. The zero-order valence-corrected chi connectivity index (χ0v) is 18.5. The minimum Gasteiger partial charge on any atom is -0.453 e. The lowest BCUT2D eigenvalue weighted by Gasteiger charge is -2.03. The van der Waals surface area contributed by atoms with Crippen LogP contribution in [0.2, 0.25) is 0 Å². The molecule has 0 amide bonds. The van der Waals surface area contributed by atoms with Gasteiger partial charge in [0.15, 0.2) is 5.58 Å². The van der Waals surface area contributed by atoms with Crippen LogP contribution in [-0.4, -0.2) is 4.98 Å². The molecule has 25 heavy (non-hydrogen) atoms. The third kappa shape index (κ3) is 3.29. The summed E-state index contributed by atoms with van der Waals surface area (Å²) < 4.78 is 9.32. The van der Waals surface area contributed by atoms with Crippen LogP contribution in [0.1, 0.15) is 5.56 Å². The minimum atomic E-state index is 0.850. The van der Waals surface area contributed by atoms with E-state index < -0.39 is 0 Å². The van der Waals surface area contributed by atoms with Gasteiger partial charge in [0.2, 0.25) is 0 Å². The van der Waals surface area contributed by atoms with E-state index in [2.05, 4.69) is 91.7 Å². The number of pyridine rings is 1. The molecule has 0 N–H and O–H groups in total. The van der Waals surface area contributed by atoms with Crippen molar-refractivity contribution in [2.75, 3.05) is 0 Å². The van der Waals surface area contributed by atoms with Crippen molar-refractivity contribution in [1.82, 2.24) is 4.98 Å². The van der Waals surface area contributed by atoms with E-state index in [4.69, 9.17) is 9.40 Å². The predicted octanol–water partition coefficient (Wildman–Crippen LogP) is 7.60. The second-order valence-electron chi connectivity index (χ2n) is 5.76. The number of halogens is 3. The van der Waals surface area contributed by atoms with Crippen LogP contribution in [0.25, 0.3) is 33.7 Å². The molecule has 0 aliphatic heterocycles. The third-order valence-electron chi connectivity index (χ3n) is 4.02. The Morgan fingerprint density at radius 2 is 1.44 bits per heavy atom. The molecule has 5 heteroatoms. The first-order valence-corrected chi connectivity index (χ1v) is 10.3. The third-order valence-corrected chi connectivity index (χ3v) is 6.07. The molecule has 2 aromatic heterocycles. The Balaban J connectivity index is 1.90. The molecule has 0 unspecified atom stereocenters. The first-order valence-electron chi connectivity index (χ1n) is 7.64. The highest BCUT2D eigenvalue weighted by Crippen LogP contribution is 2.37. The monoisotopic (exact) mass is 567 g/mol. The van der Waals surface area contributed by atoms with Gasteiger partial charge in [-0.1, -0.05) is 56.1 Å². The topological polar surface area (TPSA) is 26.0 Å². The summed E-state index contributed by atoms with van der Waals surface area (Å²) in [7, 11) is 0. The van der Waals surface area contributed by atoms with Crippen molar-refractivity contribution in [2.24, 2.45) is 0 Å². The lowest BCUT2D eigenvalue weighted by atomic mass is 10.1.